The summed E-state index contributed by atoms with van der Waals surface area (Å²) in [4.78, 5) is 11.7. The van der Waals surface area contributed by atoms with Crippen molar-refractivity contribution in [2.45, 2.75) is 12.8 Å². The molecule has 0 aliphatic rings. The molecule has 0 bridgehead atoms. The van der Waals surface area contributed by atoms with Gasteiger partial charge in [-0.1, -0.05) is 55.1 Å². The maximum Gasteiger partial charge on any atom is 0.311 e. The summed E-state index contributed by atoms with van der Waals surface area (Å²) in [6.45, 7) is 3.71. The fourth-order valence-corrected chi connectivity index (χ4v) is 1.74. The van der Waals surface area contributed by atoms with Gasteiger partial charge in [0.15, 0.2) is 0 Å². The molecule has 2 heteroatoms. The van der Waals surface area contributed by atoms with Crippen LogP contribution in [0.2, 0.25) is 0 Å². The summed E-state index contributed by atoms with van der Waals surface area (Å²) in [5.41, 5.74) is 2.20. The average molecular weight is 252 g/mol. The van der Waals surface area contributed by atoms with Crippen LogP contribution in [0, 0.1) is 0 Å². The van der Waals surface area contributed by atoms with E-state index in [0.29, 0.717) is 18.6 Å². The largest absolute Gasteiger partial charge is 0.427 e. The van der Waals surface area contributed by atoms with Crippen molar-refractivity contribution in [3.05, 3.63) is 72.3 Å². The summed E-state index contributed by atoms with van der Waals surface area (Å²) in [5.74, 6) is 0.383. The minimum Gasteiger partial charge on any atom is -0.427 e. The van der Waals surface area contributed by atoms with Crippen molar-refractivity contribution in [3.63, 3.8) is 0 Å². The van der Waals surface area contributed by atoms with Crippen LogP contribution in [0.3, 0.4) is 0 Å². The summed E-state index contributed by atoms with van der Waals surface area (Å²) in [7, 11) is 0. The van der Waals surface area contributed by atoms with Crippen molar-refractivity contribution >= 4 is 12.0 Å². The predicted molar refractivity (Wildman–Crippen MR) is 76.9 cm³/mol. The van der Waals surface area contributed by atoms with Crippen LogP contribution < -0.4 is 4.74 Å². The molecule has 0 saturated heterocycles. The molecule has 0 aliphatic carbocycles. The molecule has 0 radical (unpaired) electrons. The maximum atomic E-state index is 11.7. The van der Waals surface area contributed by atoms with Crippen LogP contribution in [0.25, 0.3) is 6.08 Å². The van der Waals surface area contributed by atoms with E-state index in [1.165, 1.54) is 0 Å². The minimum absolute atomic E-state index is 0.209. The molecule has 19 heavy (non-hydrogen) atoms. The molecule has 2 aromatic rings. The third-order valence-corrected chi connectivity index (χ3v) is 2.81. The van der Waals surface area contributed by atoms with Gasteiger partial charge >= 0.3 is 5.97 Å². The number of ether oxygens (including phenoxy) is 1. The Kier molecular flexibility index (Phi) is 4.51. The Bertz CT molecular complexity index is 541. The van der Waals surface area contributed by atoms with Gasteiger partial charge in [-0.3, -0.25) is 4.79 Å². The van der Waals surface area contributed by atoms with Crippen molar-refractivity contribution in [3.8, 4) is 5.75 Å². The maximum absolute atomic E-state index is 11.7. The topological polar surface area (TPSA) is 26.3 Å². The molecule has 2 rings (SSSR count). The van der Waals surface area contributed by atoms with Crippen molar-refractivity contribution in [1.29, 1.82) is 0 Å². The summed E-state index contributed by atoms with van der Waals surface area (Å²) < 4.78 is 5.23. The molecule has 96 valence electrons. The SMILES string of the molecule is C=Cc1ccc(CCC(=O)Oc2ccccc2)cc1. The van der Waals surface area contributed by atoms with E-state index < -0.39 is 0 Å². The van der Waals surface area contributed by atoms with Gasteiger partial charge in [0.05, 0.1) is 0 Å². The highest BCUT2D eigenvalue weighted by Gasteiger charge is 2.05. The lowest BCUT2D eigenvalue weighted by molar-refractivity contribution is -0.134. The standard InChI is InChI=1S/C17H16O2/c1-2-14-8-10-15(11-9-14)12-13-17(18)19-16-6-4-3-5-7-16/h2-11H,1,12-13H2. The Morgan fingerprint density at radius 3 is 2.37 bits per heavy atom. The van der Waals surface area contributed by atoms with Crippen LogP contribution in [0.4, 0.5) is 0 Å². The Labute approximate surface area is 113 Å². The normalized spacial score (nSPS) is 9.89. The quantitative estimate of drug-likeness (QED) is 0.596. The number of benzene rings is 2. The number of carbonyl (C=O) groups excluding carboxylic acids is 1. The smallest absolute Gasteiger partial charge is 0.311 e. The van der Waals surface area contributed by atoms with E-state index >= 15 is 0 Å². The molecular weight excluding hydrogens is 236 g/mol. The van der Waals surface area contributed by atoms with Crippen molar-refractivity contribution in [2.24, 2.45) is 0 Å². The molecule has 0 amide bonds. The van der Waals surface area contributed by atoms with E-state index in [4.69, 9.17) is 4.74 Å². The number of carbonyl (C=O) groups is 1. The monoisotopic (exact) mass is 252 g/mol. The number of hydrogen-bond acceptors (Lipinski definition) is 2. The Balaban J connectivity index is 1.84. The number of esters is 1. The lowest BCUT2D eigenvalue weighted by Gasteiger charge is -2.04. The second-order valence-electron chi connectivity index (χ2n) is 4.23. The molecule has 0 aliphatic heterocycles. The highest BCUT2D eigenvalue weighted by atomic mass is 16.5. The first-order valence-electron chi connectivity index (χ1n) is 6.25. The van der Waals surface area contributed by atoms with Gasteiger partial charge in [0.1, 0.15) is 5.75 Å². The van der Waals surface area contributed by atoms with Crippen LogP contribution in [0.1, 0.15) is 17.5 Å². The molecular formula is C17H16O2. The molecule has 0 heterocycles. The lowest BCUT2D eigenvalue weighted by Crippen LogP contribution is -2.08. The van der Waals surface area contributed by atoms with Crippen LogP contribution >= 0.6 is 0 Å². The van der Waals surface area contributed by atoms with Crippen LogP contribution in [0.15, 0.2) is 61.2 Å². The van der Waals surface area contributed by atoms with Crippen molar-refractivity contribution in [1.82, 2.24) is 0 Å². The van der Waals surface area contributed by atoms with Gasteiger partial charge in [-0.25, -0.2) is 0 Å². The molecule has 2 nitrogen and oxygen atoms in total. The summed E-state index contributed by atoms with van der Waals surface area (Å²) in [6, 6.07) is 17.1. The zero-order chi connectivity index (χ0) is 13.5. The van der Waals surface area contributed by atoms with E-state index in [0.717, 1.165) is 11.1 Å². The molecule has 0 aromatic heterocycles. The molecule has 0 spiro atoms. The summed E-state index contributed by atoms with van der Waals surface area (Å²) >= 11 is 0. The molecule has 2 aromatic carbocycles. The molecule has 0 unspecified atom stereocenters. The predicted octanol–water partition coefficient (Wildman–Crippen LogP) is 3.87. The number of para-hydroxylation sites is 1. The third kappa shape index (κ3) is 4.11. The van der Waals surface area contributed by atoms with Gasteiger partial charge in [0.2, 0.25) is 0 Å². The van der Waals surface area contributed by atoms with Gasteiger partial charge < -0.3 is 4.74 Å². The Hall–Kier alpha value is -2.35. The number of aryl methyl sites for hydroxylation is 1. The third-order valence-electron chi connectivity index (χ3n) is 2.81. The highest BCUT2D eigenvalue weighted by molar-refractivity contribution is 5.72. The van der Waals surface area contributed by atoms with Crippen molar-refractivity contribution in [2.75, 3.05) is 0 Å². The molecule has 0 atom stereocenters. The average Bonchev–Trinajstić information content (AvgIpc) is 2.47. The minimum atomic E-state index is -0.209. The first kappa shape index (κ1) is 13.1. The zero-order valence-corrected chi connectivity index (χ0v) is 10.7. The number of hydrogen-bond donors (Lipinski definition) is 0. The summed E-state index contributed by atoms with van der Waals surface area (Å²) in [6.07, 6.45) is 2.86. The summed E-state index contributed by atoms with van der Waals surface area (Å²) in [5, 5.41) is 0. The lowest BCUT2D eigenvalue weighted by atomic mass is 10.1. The fourth-order valence-electron chi connectivity index (χ4n) is 1.74. The van der Waals surface area contributed by atoms with Crippen LogP contribution in [0.5, 0.6) is 5.75 Å². The fraction of sp³-hybridized carbons (Fsp3) is 0.118. The molecule has 0 saturated carbocycles. The first-order chi connectivity index (χ1) is 9.28. The Morgan fingerprint density at radius 1 is 1.05 bits per heavy atom. The van der Waals surface area contributed by atoms with E-state index in [2.05, 4.69) is 6.58 Å². The van der Waals surface area contributed by atoms with E-state index in [-0.39, 0.29) is 5.97 Å². The van der Waals surface area contributed by atoms with Gasteiger partial charge in [-0.2, -0.15) is 0 Å². The van der Waals surface area contributed by atoms with Crippen molar-refractivity contribution < 1.29 is 9.53 Å². The number of rotatable bonds is 5. The van der Waals surface area contributed by atoms with Crippen LogP contribution in [-0.4, -0.2) is 5.97 Å². The van der Waals surface area contributed by atoms with E-state index in [1.807, 2.05) is 42.5 Å². The highest BCUT2D eigenvalue weighted by Crippen LogP contribution is 2.11. The first-order valence-corrected chi connectivity index (χ1v) is 6.25. The van der Waals surface area contributed by atoms with E-state index in [9.17, 15) is 4.79 Å². The van der Waals surface area contributed by atoms with Gasteiger partial charge in [-0.05, 0) is 29.7 Å². The van der Waals surface area contributed by atoms with E-state index in [1.54, 1.807) is 18.2 Å². The van der Waals surface area contributed by atoms with Gasteiger partial charge in [-0.15, -0.1) is 0 Å². The van der Waals surface area contributed by atoms with Gasteiger partial charge in [0, 0.05) is 6.42 Å². The molecule has 0 fully saturated rings. The van der Waals surface area contributed by atoms with Gasteiger partial charge in [0.25, 0.3) is 0 Å². The van der Waals surface area contributed by atoms with Crippen LogP contribution in [-0.2, 0) is 11.2 Å². The second-order valence-corrected chi connectivity index (χ2v) is 4.23. The zero-order valence-electron chi connectivity index (χ0n) is 10.7. The second kappa shape index (κ2) is 6.55. The molecule has 0 N–H and O–H groups in total. The Morgan fingerprint density at radius 2 is 1.74 bits per heavy atom.